The summed E-state index contributed by atoms with van der Waals surface area (Å²) in [5, 5.41) is 1.34. The van der Waals surface area contributed by atoms with Gasteiger partial charge in [-0.15, -0.1) is 0 Å². The molecule has 0 spiro atoms. The smallest absolute Gasteiger partial charge is 0.408 e. The zero-order chi connectivity index (χ0) is 13.4. The summed E-state index contributed by atoms with van der Waals surface area (Å²) in [6, 6.07) is 6.93. The molecule has 0 unspecified atom stereocenters. The first-order chi connectivity index (χ1) is 9.11. The van der Waals surface area contributed by atoms with E-state index in [0.29, 0.717) is 21.8 Å². The van der Waals surface area contributed by atoms with Crippen LogP contribution in [0, 0.1) is 0 Å². The molecule has 7 heteroatoms. The second-order valence-electron chi connectivity index (χ2n) is 3.82. The lowest BCUT2D eigenvalue weighted by molar-refractivity contribution is 0.555. The number of halogens is 1. The normalized spacial score (nSPS) is 11.0. The van der Waals surface area contributed by atoms with E-state index in [-0.39, 0.29) is 0 Å². The van der Waals surface area contributed by atoms with Gasteiger partial charge in [0, 0.05) is 22.8 Å². The number of oxazole rings is 1. The molecule has 96 valence electrons. The molecule has 0 atom stereocenters. The summed E-state index contributed by atoms with van der Waals surface area (Å²) >= 11 is 7.17. The van der Waals surface area contributed by atoms with E-state index >= 15 is 0 Å². The van der Waals surface area contributed by atoms with Crippen molar-refractivity contribution in [3.8, 4) is 0 Å². The first-order valence-corrected chi connectivity index (χ1v) is 6.53. The number of pyridine rings is 1. The van der Waals surface area contributed by atoms with Crippen molar-refractivity contribution in [3.63, 3.8) is 0 Å². The van der Waals surface area contributed by atoms with Crippen LogP contribution in [0.3, 0.4) is 0 Å². The zero-order valence-corrected chi connectivity index (χ0v) is 11.1. The van der Waals surface area contributed by atoms with Gasteiger partial charge in [0.25, 0.3) is 0 Å². The number of nitrogen functional groups attached to an aromatic ring is 1. The molecule has 3 rings (SSSR count). The number of nitrogens with zero attached hydrogens (tertiary/aromatic N) is 1. The highest BCUT2D eigenvalue weighted by molar-refractivity contribution is 7.99. The van der Waals surface area contributed by atoms with Crippen LogP contribution in [0.4, 0.5) is 5.69 Å². The van der Waals surface area contributed by atoms with Crippen LogP contribution in [-0.2, 0) is 0 Å². The second kappa shape index (κ2) is 4.64. The van der Waals surface area contributed by atoms with E-state index < -0.39 is 5.76 Å². The Morgan fingerprint density at radius 3 is 2.95 bits per heavy atom. The van der Waals surface area contributed by atoms with E-state index in [1.165, 1.54) is 11.8 Å². The molecule has 5 nitrogen and oxygen atoms in total. The third-order valence-electron chi connectivity index (χ3n) is 2.47. The number of aromatic amines is 1. The average Bonchev–Trinajstić information content (AvgIpc) is 2.72. The zero-order valence-electron chi connectivity index (χ0n) is 9.51. The van der Waals surface area contributed by atoms with Crippen molar-refractivity contribution in [2.75, 3.05) is 5.73 Å². The summed E-state index contributed by atoms with van der Waals surface area (Å²) in [6.45, 7) is 0. The molecule has 0 aliphatic carbocycles. The molecule has 2 heterocycles. The van der Waals surface area contributed by atoms with Crippen LogP contribution in [0.5, 0.6) is 0 Å². The van der Waals surface area contributed by atoms with Crippen LogP contribution in [-0.4, -0.2) is 9.97 Å². The van der Waals surface area contributed by atoms with Gasteiger partial charge in [0.1, 0.15) is 5.03 Å². The number of benzene rings is 1. The Balaban J connectivity index is 2.02. The molecule has 0 aliphatic heterocycles. The van der Waals surface area contributed by atoms with Gasteiger partial charge in [0.15, 0.2) is 5.58 Å². The van der Waals surface area contributed by atoms with Crippen molar-refractivity contribution < 1.29 is 4.42 Å². The first-order valence-electron chi connectivity index (χ1n) is 5.33. The molecule has 0 saturated carbocycles. The van der Waals surface area contributed by atoms with Crippen molar-refractivity contribution in [2.24, 2.45) is 0 Å². The highest BCUT2D eigenvalue weighted by atomic mass is 35.5. The van der Waals surface area contributed by atoms with Gasteiger partial charge < -0.3 is 10.2 Å². The van der Waals surface area contributed by atoms with Crippen LogP contribution in [0.2, 0.25) is 5.02 Å². The highest BCUT2D eigenvalue weighted by Gasteiger charge is 2.08. The molecule has 0 amide bonds. The van der Waals surface area contributed by atoms with Gasteiger partial charge in [-0.2, -0.15) is 0 Å². The van der Waals surface area contributed by atoms with Crippen molar-refractivity contribution >= 4 is 40.1 Å². The second-order valence-corrected chi connectivity index (χ2v) is 5.32. The summed E-state index contributed by atoms with van der Waals surface area (Å²) < 4.78 is 4.94. The predicted octanol–water partition coefficient (Wildman–Crippen LogP) is 2.90. The molecule has 1 aromatic carbocycles. The van der Waals surface area contributed by atoms with Gasteiger partial charge in [-0.1, -0.05) is 23.4 Å². The van der Waals surface area contributed by atoms with Crippen molar-refractivity contribution in [1.82, 2.24) is 9.97 Å². The van der Waals surface area contributed by atoms with E-state index in [1.54, 1.807) is 30.5 Å². The minimum atomic E-state index is -0.499. The topological polar surface area (TPSA) is 84.9 Å². The van der Waals surface area contributed by atoms with Crippen LogP contribution in [0.25, 0.3) is 11.1 Å². The Bertz CT molecular complexity index is 795. The fourth-order valence-corrected chi connectivity index (χ4v) is 2.55. The van der Waals surface area contributed by atoms with E-state index in [9.17, 15) is 4.79 Å². The maximum atomic E-state index is 11.1. The Morgan fingerprint density at radius 2 is 2.21 bits per heavy atom. The fourth-order valence-electron chi connectivity index (χ4n) is 1.62. The third kappa shape index (κ3) is 2.45. The van der Waals surface area contributed by atoms with Gasteiger partial charge in [-0.3, -0.25) is 4.98 Å². The Morgan fingerprint density at radius 1 is 1.37 bits per heavy atom. The molecule has 3 N–H and O–H groups in total. The minimum Gasteiger partial charge on any atom is -0.408 e. The minimum absolute atomic E-state index is 0.441. The molecule has 0 fully saturated rings. The number of nitrogens with one attached hydrogen (secondary N) is 1. The molecule has 0 aliphatic rings. The summed E-state index contributed by atoms with van der Waals surface area (Å²) in [5.74, 6) is -0.499. The van der Waals surface area contributed by atoms with Crippen molar-refractivity contribution in [3.05, 3.63) is 46.0 Å². The molecule has 2 aromatic heterocycles. The average molecular weight is 294 g/mol. The van der Waals surface area contributed by atoms with Crippen LogP contribution in [0.1, 0.15) is 0 Å². The monoisotopic (exact) mass is 293 g/mol. The van der Waals surface area contributed by atoms with Gasteiger partial charge in [0.05, 0.1) is 10.5 Å². The third-order valence-corrected chi connectivity index (χ3v) is 3.71. The van der Waals surface area contributed by atoms with Gasteiger partial charge in [-0.05, 0) is 18.2 Å². The number of aromatic nitrogens is 2. The summed E-state index contributed by atoms with van der Waals surface area (Å²) in [4.78, 5) is 18.7. The summed E-state index contributed by atoms with van der Waals surface area (Å²) in [5.41, 5.74) is 7.50. The lowest BCUT2D eigenvalue weighted by Gasteiger charge is -2.04. The molecular formula is C12H8ClN3O2S. The van der Waals surface area contributed by atoms with Gasteiger partial charge in [0.2, 0.25) is 0 Å². The number of H-pyrrole nitrogens is 1. The first kappa shape index (κ1) is 12.1. The van der Waals surface area contributed by atoms with Crippen LogP contribution in [0.15, 0.2) is 49.6 Å². The van der Waals surface area contributed by atoms with Crippen molar-refractivity contribution in [1.29, 1.82) is 0 Å². The molecule has 0 bridgehead atoms. The fraction of sp³-hybridized carbons (Fsp3) is 0. The Kier molecular flexibility index (Phi) is 2.96. The Labute approximate surface area is 116 Å². The van der Waals surface area contributed by atoms with Crippen LogP contribution < -0.4 is 11.5 Å². The Hall–Kier alpha value is -1.92. The summed E-state index contributed by atoms with van der Waals surface area (Å²) in [6.07, 6.45) is 1.57. The number of hydrogen-bond acceptors (Lipinski definition) is 5. The van der Waals surface area contributed by atoms with Gasteiger partial charge in [-0.25, -0.2) is 9.78 Å². The molecule has 0 radical (unpaired) electrons. The molecular weight excluding hydrogens is 286 g/mol. The van der Waals surface area contributed by atoms with E-state index in [2.05, 4.69) is 9.97 Å². The van der Waals surface area contributed by atoms with E-state index in [1.807, 2.05) is 0 Å². The maximum Gasteiger partial charge on any atom is 0.417 e. The SMILES string of the molecule is Nc1cc2oc(=O)[nH]c2cc1Sc1ccc(Cl)cn1. The lowest BCUT2D eigenvalue weighted by atomic mass is 10.3. The number of hydrogen-bond donors (Lipinski definition) is 2. The predicted molar refractivity (Wildman–Crippen MR) is 74.6 cm³/mol. The highest BCUT2D eigenvalue weighted by Crippen LogP contribution is 2.33. The molecule has 0 saturated heterocycles. The molecule has 3 aromatic rings. The lowest BCUT2D eigenvalue weighted by Crippen LogP contribution is -1.93. The largest absolute Gasteiger partial charge is 0.417 e. The quantitative estimate of drug-likeness (QED) is 0.710. The van der Waals surface area contributed by atoms with E-state index in [0.717, 1.165) is 9.92 Å². The standard InChI is InChI=1S/C12H8ClN3O2S/c13-6-1-2-11(15-5-6)19-10-4-8-9(3-7(10)14)18-12(17)16-8/h1-5H,14H2,(H,16,17). The maximum absolute atomic E-state index is 11.1. The number of fused-ring (bicyclic) bond motifs is 1. The summed E-state index contributed by atoms with van der Waals surface area (Å²) in [7, 11) is 0. The van der Waals surface area contributed by atoms with Crippen LogP contribution >= 0.6 is 23.4 Å². The van der Waals surface area contributed by atoms with E-state index in [4.69, 9.17) is 21.8 Å². The number of nitrogens with two attached hydrogens (primary N) is 1. The van der Waals surface area contributed by atoms with Crippen molar-refractivity contribution in [2.45, 2.75) is 9.92 Å². The van der Waals surface area contributed by atoms with Gasteiger partial charge >= 0.3 is 5.76 Å². The molecule has 19 heavy (non-hydrogen) atoms. The number of anilines is 1. The number of rotatable bonds is 2.